The zero-order chi connectivity index (χ0) is 12.7. The second-order valence-corrected chi connectivity index (χ2v) is 5.07. The number of carbonyl (C=O) groups is 1. The van der Waals surface area contributed by atoms with E-state index in [1.807, 2.05) is 20.8 Å². The normalized spacial score (nSPS) is 16.9. The highest BCUT2D eigenvalue weighted by Crippen LogP contribution is 2.14. The molecule has 0 fully saturated rings. The van der Waals surface area contributed by atoms with Gasteiger partial charge < -0.3 is 10.4 Å². The van der Waals surface area contributed by atoms with Gasteiger partial charge in [-0.05, 0) is 18.3 Å². The topological polar surface area (TPSA) is 49.3 Å². The van der Waals surface area contributed by atoms with Crippen LogP contribution < -0.4 is 5.32 Å². The molecule has 0 aromatic heterocycles. The largest absolute Gasteiger partial charge is 0.393 e. The fourth-order valence-corrected chi connectivity index (χ4v) is 1.45. The Hall–Kier alpha value is -0.570. The average molecular weight is 229 g/mol. The highest BCUT2D eigenvalue weighted by molar-refractivity contribution is 5.78. The van der Waals surface area contributed by atoms with Crippen LogP contribution in [0.15, 0.2) is 0 Å². The van der Waals surface area contributed by atoms with Crippen molar-refractivity contribution in [3.05, 3.63) is 0 Å². The minimum Gasteiger partial charge on any atom is -0.393 e. The molecule has 0 aromatic rings. The summed E-state index contributed by atoms with van der Waals surface area (Å²) in [5.41, 5.74) is 0. The van der Waals surface area contributed by atoms with E-state index in [0.717, 1.165) is 6.42 Å². The Kier molecular flexibility index (Phi) is 7.39. The van der Waals surface area contributed by atoms with Crippen molar-refractivity contribution in [1.82, 2.24) is 5.32 Å². The van der Waals surface area contributed by atoms with Crippen molar-refractivity contribution in [3.8, 4) is 0 Å². The van der Waals surface area contributed by atoms with Gasteiger partial charge in [-0.3, -0.25) is 4.79 Å². The first-order valence-corrected chi connectivity index (χ1v) is 6.35. The van der Waals surface area contributed by atoms with Gasteiger partial charge in [-0.25, -0.2) is 0 Å². The van der Waals surface area contributed by atoms with Gasteiger partial charge in [-0.2, -0.15) is 0 Å². The van der Waals surface area contributed by atoms with Crippen LogP contribution in [-0.4, -0.2) is 23.7 Å². The Morgan fingerprint density at radius 1 is 1.25 bits per heavy atom. The third-order valence-corrected chi connectivity index (χ3v) is 3.42. The molecule has 0 aliphatic carbocycles. The van der Waals surface area contributed by atoms with E-state index in [1.165, 1.54) is 0 Å². The number of amides is 1. The van der Waals surface area contributed by atoms with Gasteiger partial charge in [0.15, 0.2) is 0 Å². The van der Waals surface area contributed by atoms with E-state index in [4.69, 9.17) is 0 Å². The molecule has 0 bridgehead atoms. The van der Waals surface area contributed by atoms with E-state index in [-0.39, 0.29) is 23.8 Å². The lowest BCUT2D eigenvalue weighted by atomic mass is 9.93. The first kappa shape index (κ1) is 15.4. The Morgan fingerprint density at radius 2 is 1.81 bits per heavy atom. The summed E-state index contributed by atoms with van der Waals surface area (Å²) >= 11 is 0. The average Bonchev–Trinajstić information content (AvgIpc) is 2.26. The van der Waals surface area contributed by atoms with Crippen LogP contribution in [0.4, 0.5) is 0 Å². The summed E-state index contributed by atoms with van der Waals surface area (Å²) in [6.45, 7) is 10.7. The molecule has 0 aliphatic heterocycles. The number of hydrogen-bond acceptors (Lipinski definition) is 2. The fraction of sp³-hybridized carbons (Fsp3) is 0.923. The van der Waals surface area contributed by atoms with Crippen LogP contribution in [0.3, 0.4) is 0 Å². The van der Waals surface area contributed by atoms with Crippen LogP contribution in [0.5, 0.6) is 0 Å². The van der Waals surface area contributed by atoms with Gasteiger partial charge >= 0.3 is 0 Å². The molecule has 0 heterocycles. The van der Waals surface area contributed by atoms with Crippen LogP contribution >= 0.6 is 0 Å². The second-order valence-electron chi connectivity index (χ2n) is 5.07. The fourth-order valence-electron chi connectivity index (χ4n) is 1.45. The van der Waals surface area contributed by atoms with E-state index in [0.29, 0.717) is 18.9 Å². The van der Waals surface area contributed by atoms with Crippen molar-refractivity contribution < 1.29 is 9.90 Å². The summed E-state index contributed by atoms with van der Waals surface area (Å²) < 4.78 is 0. The van der Waals surface area contributed by atoms with Gasteiger partial charge in [0, 0.05) is 12.5 Å². The number of carbonyl (C=O) groups excluding carboxylic acids is 1. The predicted octanol–water partition coefficient (Wildman–Crippen LogP) is 2.19. The van der Waals surface area contributed by atoms with E-state index in [9.17, 15) is 9.90 Å². The van der Waals surface area contributed by atoms with Gasteiger partial charge in [-0.15, -0.1) is 0 Å². The van der Waals surface area contributed by atoms with E-state index in [1.54, 1.807) is 0 Å². The molecule has 96 valence electrons. The van der Waals surface area contributed by atoms with Gasteiger partial charge in [-0.1, -0.05) is 41.0 Å². The number of aliphatic hydroxyl groups excluding tert-OH is 1. The molecule has 0 saturated heterocycles. The first-order chi connectivity index (χ1) is 7.40. The van der Waals surface area contributed by atoms with Crippen molar-refractivity contribution >= 4 is 5.91 Å². The van der Waals surface area contributed by atoms with Gasteiger partial charge in [0.25, 0.3) is 0 Å². The number of rotatable bonds is 7. The zero-order valence-electron chi connectivity index (χ0n) is 11.3. The first-order valence-electron chi connectivity index (χ1n) is 6.35. The highest BCUT2D eigenvalue weighted by atomic mass is 16.3. The van der Waals surface area contributed by atoms with Gasteiger partial charge in [0.05, 0.1) is 6.10 Å². The van der Waals surface area contributed by atoms with Crippen molar-refractivity contribution in [1.29, 1.82) is 0 Å². The molecule has 0 rings (SSSR count). The lowest BCUT2D eigenvalue weighted by molar-refractivity contribution is -0.126. The van der Waals surface area contributed by atoms with E-state index in [2.05, 4.69) is 19.2 Å². The predicted molar refractivity (Wildman–Crippen MR) is 67.1 cm³/mol. The molecule has 0 radical (unpaired) electrons. The minimum atomic E-state index is -0.320. The molecule has 3 heteroatoms. The quantitative estimate of drug-likeness (QED) is 0.703. The summed E-state index contributed by atoms with van der Waals surface area (Å²) in [4.78, 5) is 11.7. The van der Waals surface area contributed by atoms with Gasteiger partial charge in [0.2, 0.25) is 5.91 Å². The molecule has 3 atom stereocenters. The van der Waals surface area contributed by atoms with Crippen molar-refractivity contribution in [2.75, 3.05) is 6.54 Å². The van der Waals surface area contributed by atoms with Crippen LogP contribution in [-0.2, 0) is 4.79 Å². The number of nitrogens with one attached hydrogen (secondary N) is 1. The SMILES string of the molecule is CCC(C)C(C)C(=O)NCCC(O)C(C)C. The molecule has 0 aliphatic rings. The molecular weight excluding hydrogens is 202 g/mol. The summed E-state index contributed by atoms with van der Waals surface area (Å²) in [7, 11) is 0. The van der Waals surface area contributed by atoms with Gasteiger partial charge in [0.1, 0.15) is 0 Å². The Bertz CT molecular complexity index is 204. The van der Waals surface area contributed by atoms with Crippen molar-refractivity contribution in [2.45, 2.75) is 53.6 Å². The minimum absolute atomic E-state index is 0.0567. The Balaban J connectivity index is 3.81. The molecule has 2 N–H and O–H groups in total. The lowest BCUT2D eigenvalue weighted by Gasteiger charge is -2.19. The van der Waals surface area contributed by atoms with Crippen LogP contribution in [0.25, 0.3) is 0 Å². The second kappa shape index (κ2) is 7.66. The summed E-state index contributed by atoms with van der Waals surface area (Å²) in [6, 6.07) is 0. The maximum absolute atomic E-state index is 11.7. The maximum atomic E-state index is 11.7. The summed E-state index contributed by atoms with van der Waals surface area (Å²) in [6.07, 6.45) is 1.33. The molecule has 3 unspecified atom stereocenters. The molecular formula is C13H27NO2. The Labute approximate surface area is 99.6 Å². The smallest absolute Gasteiger partial charge is 0.223 e. The van der Waals surface area contributed by atoms with Crippen LogP contribution in [0.2, 0.25) is 0 Å². The highest BCUT2D eigenvalue weighted by Gasteiger charge is 2.18. The molecule has 0 aromatic carbocycles. The van der Waals surface area contributed by atoms with E-state index < -0.39 is 0 Å². The van der Waals surface area contributed by atoms with E-state index >= 15 is 0 Å². The third-order valence-electron chi connectivity index (χ3n) is 3.42. The van der Waals surface area contributed by atoms with Crippen LogP contribution in [0, 0.1) is 17.8 Å². The van der Waals surface area contributed by atoms with Crippen molar-refractivity contribution in [2.24, 2.45) is 17.8 Å². The molecule has 3 nitrogen and oxygen atoms in total. The monoisotopic (exact) mass is 229 g/mol. The molecule has 0 spiro atoms. The van der Waals surface area contributed by atoms with Crippen LogP contribution in [0.1, 0.15) is 47.5 Å². The number of aliphatic hydroxyl groups is 1. The number of hydrogen-bond donors (Lipinski definition) is 2. The van der Waals surface area contributed by atoms with Crippen molar-refractivity contribution in [3.63, 3.8) is 0 Å². The molecule has 16 heavy (non-hydrogen) atoms. The third kappa shape index (κ3) is 5.50. The maximum Gasteiger partial charge on any atom is 0.223 e. The molecule has 0 saturated carbocycles. The Morgan fingerprint density at radius 3 is 2.25 bits per heavy atom. The zero-order valence-corrected chi connectivity index (χ0v) is 11.3. The summed E-state index contributed by atoms with van der Waals surface area (Å²) in [5, 5.41) is 12.5. The lowest BCUT2D eigenvalue weighted by Crippen LogP contribution is -2.34. The molecule has 1 amide bonds. The standard InChI is InChI=1S/C13H27NO2/c1-6-10(4)11(5)13(16)14-8-7-12(15)9(2)3/h9-12,15H,6-8H2,1-5H3,(H,14,16). The summed E-state index contributed by atoms with van der Waals surface area (Å²) in [5.74, 6) is 0.824.